The highest BCUT2D eigenvalue weighted by Gasteiger charge is 2.19. The standard InChI is InChI=1S/C20H27N7O/c1-2-10-27-18(8-9-21-27)24-19(28)15-25-11-5-12-26(14-13-25)20-22-16-6-3-4-7-17(16)23-20/h3-4,6-9H,2,5,10-15H2,1H3,(H,22,23)(H,24,28). The summed E-state index contributed by atoms with van der Waals surface area (Å²) >= 11 is 0. The summed E-state index contributed by atoms with van der Waals surface area (Å²) in [6.45, 7) is 6.81. The zero-order valence-electron chi connectivity index (χ0n) is 16.3. The number of carbonyl (C=O) groups excluding carboxylic acids is 1. The number of fused-ring (bicyclic) bond motifs is 1. The molecule has 4 rings (SSSR count). The maximum absolute atomic E-state index is 12.5. The van der Waals surface area contributed by atoms with Crippen LogP contribution in [0.3, 0.4) is 0 Å². The number of para-hydroxylation sites is 2. The molecule has 8 nitrogen and oxygen atoms in total. The van der Waals surface area contributed by atoms with Crippen molar-refractivity contribution in [2.24, 2.45) is 0 Å². The fourth-order valence-corrected chi connectivity index (χ4v) is 3.64. The first-order valence-corrected chi connectivity index (χ1v) is 9.96. The minimum absolute atomic E-state index is 0.00930. The van der Waals surface area contributed by atoms with Crippen LogP contribution in [-0.4, -0.2) is 63.3 Å². The number of hydrogen-bond acceptors (Lipinski definition) is 5. The lowest BCUT2D eigenvalue weighted by Gasteiger charge is -2.21. The summed E-state index contributed by atoms with van der Waals surface area (Å²) in [5, 5.41) is 7.24. The van der Waals surface area contributed by atoms with Crippen LogP contribution in [0.1, 0.15) is 19.8 Å². The molecule has 28 heavy (non-hydrogen) atoms. The molecule has 1 amide bonds. The van der Waals surface area contributed by atoms with Crippen LogP contribution in [-0.2, 0) is 11.3 Å². The minimum atomic E-state index is 0.00930. The number of nitrogens with one attached hydrogen (secondary N) is 2. The number of aryl methyl sites for hydroxylation is 1. The van der Waals surface area contributed by atoms with Gasteiger partial charge in [-0.25, -0.2) is 9.67 Å². The molecule has 1 aromatic carbocycles. The molecule has 2 N–H and O–H groups in total. The van der Waals surface area contributed by atoms with Gasteiger partial charge >= 0.3 is 0 Å². The van der Waals surface area contributed by atoms with Crippen LogP contribution in [0.4, 0.5) is 11.8 Å². The molecule has 2 aromatic heterocycles. The van der Waals surface area contributed by atoms with E-state index in [0.717, 1.165) is 68.4 Å². The number of anilines is 2. The summed E-state index contributed by atoms with van der Waals surface area (Å²) in [5.74, 6) is 1.69. The first-order valence-electron chi connectivity index (χ1n) is 9.96. The number of carbonyl (C=O) groups is 1. The molecule has 0 aliphatic carbocycles. The normalized spacial score (nSPS) is 15.7. The third-order valence-electron chi connectivity index (χ3n) is 5.05. The molecule has 0 bridgehead atoms. The van der Waals surface area contributed by atoms with Gasteiger partial charge in [0.25, 0.3) is 0 Å². The molecule has 0 saturated carbocycles. The molecule has 0 radical (unpaired) electrons. The van der Waals surface area contributed by atoms with Gasteiger partial charge < -0.3 is 15.2 Å². The summed E-state index contributed by atoms with van der Waals surface area (Å²) in [6, 6.07) is 9.93. The predicted molar refractivity (Wildman–Crippen MR) is 111 cm³/mol. The van der Waals surface area contributed by atoms with Crippen LogP contribution in [0.15, 0.2) is 36.5 Å². The maximum atomic E-state index is 12.5. The number of aromatic nitrogens is 4. The lowest BCUT2D eigenvalue weighted by Crippen LogP contribution is -2.36. The Morgan fingerprint density at radius 3 is 2.93 bits per heavy atom. The Morgan fingerprint density at radius 2 is 2.07 bits per heavy atom. The Hall–Kier alpha value is -2.87. The molecule has 3 aromatic rings. The van der Waals surface area contributed by atoms with Crippen LogP contribution in [0.25, 0.3) is 11.0 Å². The Balaban J connectivity index is 1.33. The van der Waals surface area contributed by atoms with Gasteiger partial charge in [0.1, 0.15) is 5.82 Å². The smallest absolute Gasteiger partial charge is 0.239 e. The van der Waals surface area contributed by atoms with Crippen molar-refractivity contribution in [3.05, 3.63) is 36.5 Å². The molecular weight excluding hydrogens is 354 g/mol. The van der Waals surface area contributed by atoms with Crippen molar-refractivity contribution in [2.75, 3.05) is 42.9 Å². The van der Waals surface area contributed by atoms with Gasteiger partial charge in [-0.3, -0.25) is 9.69 Å². The summed E-state index contributed by atoms with van der Waals surface area (Å²) in [6.07, 6.45) is 3.70. The largest absolute Gasteiger partial charge is 0.341 e. The fourth-order valence-electron chi connectivity index (χ4n) is 3.64. The lowest BCUT2D eigenvalue weighted by atomic mass is 10.3. The number of amides is 1. The van der Waals surface area contributed by atoms with E-state index in [1.54, 1.807) is 6.20 Å². The van der Waals surface area contributed by atoms with E-state index in [4.69, 9.17) is 4.98 Å². The quantitative estimate of drug-likeness (QED) is 0.685. The second kappa shape index (κ2) is 8.43. The van der Waals surface area contributed by atoms with Gasteiger partial charge in [0, 0.05) is 38.8 Å². The lowest BCUT2D eigenvalue weighted by molar-refractivity contribution is -0.117. The van der Waals surface area contributed by atoms with E-state index < -0.39 is 0 Å². The monoisotopic (exact) mass is 381 g/mol. The van der Waals surface area contributed by atoms with Crippen molar-refractivity contribution < 1.29 is 4.79 Å². The van der Waals surface area contributed by atoms with Gasteiger partial charge in [-0.05, 0) is 25.0 Å². The van der Waals surface area contributed by atoms with Crippen LogP contribution < -0.4 is 10.2 Å². The summed E-state index contributed by atoms with van der Waals surface area (Å²) in [5.41, 5.74) is 2.04. The Bertz CT molecular complexity index is 898. The topological polar surface area (TPSA) is 82.1 Å². The number of rotatable bonds is 6. The van der Waals surface area contributed by atoms with E-state index >= 15 is 0 Å². The van der Waals surface area contributed by atoms with E-state index in [-0.39, 0.29) is 5.91 Å². The predicted octanol–water partition coefficient (Wildman–Crippen LogP) is 2.32. The van der Waals surface area contributed by atoms with Crippen molar-refractivity contribution in [1.82, 2.24) is 24.6 Å². The Kier molecular flexibility index (Phi) is 5.57. The van der Waals surface area contributed by atoms with Gasteiger partial charge in [-0.15, -0.1) is 0 Å². The number of benzene rings is 1. The molecule has 1 aliphatic heterocycles. The Labute approximate surface area is 164 Å². The molecule has 1 aliphatic rings. The van der Waals surface area contributed by atoms with Crippen molar-refractivity contribution in [2.45, 2.75) is 26.3 Å². The molecule has 3 heterocycles. The van der Waals surface area contributed by atoms with E-state index in [9.17, 15) is 4.79 Å². The highest BCUT2D eigenvalue weighted by atomic mass is 16.2. The number of nitrogens with zero attached hydrogens (tertiary/aromatic N) is 5. The van der Waals surface area contributed by atoms with Crippen molar-refractivity contribution in [3.63, 3.8) is 0 Å². The second-order valence-electron chi connectivity index (χ2n) is 7.18. The number of hydrogen-bond donors (Lipinski definition) is 2. The first-order chi connectivity index (χ1) is 13.7. The third kappa shape index (κ3) is 4.17. The molecular formula is C20H27N7O. The number of H-pyrrole nitrogens is 1. The van der Waals surface area contributed by atoms with Gasteiger partial charge in [0.2, 0.25) is 11.9 Å². The molecule has 1 saturated heterocycles. The zero-order chi connectivity index (χ0) is 19.3. The van der Waals surface area contributed by atoms with Crippen LogP contribution in [0.2, 0.25) is 0 Å². The van der Waals surface area contributed by atoms with Crippen molar-refractivity contribution >= 4 is 28.7 Å². The number of aromatic amines is 1. The van der Waals surface area contributed by atoms with Gasteiger partial charge in [0.15, 0.2) is 0 Å². The molecule has 1 fully saturated rings. The zero-order valence-corrected chi connectivity index (χ0v) is 16.3. The maximum Gasteiger partial charge on any atom is 0.239 e. The molecule has 0 spiro atoms. The van der Waals surface area contributed by atoms with Crippen LogP contribution in [0.5, 0.6) is 0 Å². The van der Waals surface area contributed by atoms with Gasteiger partial charge in [-0.1, -0.05) is 19.1 Å². The number of imidazole rings is 1. The Morgan fingerprint density at radius 1 is 1.18 bits per heavy atom. The highest BCUT2D eigenvalue weighted by Crippen LogP contribution is 2.18. The summed E-state index contributed by atoms with van der Waals surface area (Å²) < 4.78 is 1.84. The molecule has 0 unspecified atom stereocenters. The molecule has 0 atom stereocenters. The average Bonchev–Trinajstić information content (AvgIpc) is 3.24. The van der Waals surface area contributed by atoms with E-state index in [0.29, 0.717) is 6.54 Å². The average molecular weight is 381 g/mol. The molecule has 148 valence electrons. The van der Waals surface area contributed by atoms with E-state index in [1.165, 1.54) is 0 Å². The highest BCUT2D eigenvalue weighted by molar-refractivity contribution is 5.91. The van der Waals surface area contributed by atoms with Crippen molar-refractivity contribution in [3.8, 4) is 0 Å². The fraction of sp³-hybridized carbons (Fsp3) is 0.450. The SMILES string of the molecule is CCCn1nccc1NC(=O)CN1CCCN(c2nc3ccccc3[nH]2)CC1. The van der Waals surface area contributed by atoms with Crippen LogP contribution in [0, 0.1) is 0 Å². The summed E-state index contributed by atoms with van der Waals surface area (Å²) in [4.78, 5) is 25.1. The van der Waals surface area contributed by atoms with E-state index in [2.05, 4.69) is 32.1 Å². The third-order valence-corrected chi connectivity index (χ3v) is 5.05. The summed E-state index contributed by atoms with van der Waals surface area (Å²) in [7, 11) is 0. The van der Waals surface area contributed by atoms with Gasteiger partial charge in [0.05, 0.1) is 23.8 Å². The van der Waals surface area contributed by atoms with Crippen molar-refractivity contribution in [1.29, 1.82) is 0 Å². The second-order valence-corrected chi connectivity index (χ2v) is 7.18. The first kappa shape index (κ1) is 18.5. The van der Waals surface area contributed by atoms with E-state index in [1.807, 2.05) is 35.0 Å². The molecule has 8 heteroatoms. The van der Waals surface area contributed by atoms with Gasteiger partial charge in [-0.2, -0.15) is 5.10 Å². The minimum Gasteiger partial charge on any atom is -0.341 e. The van der Waals surface area contributed by atoms with Crippen LogP contribution >= 0.6 is 0 Å².